The third-order valence-electron chi connectivity index (χ3n) is 3.99. The van der Waals surface area contributed by atoms with E-state index in [1.165, 1.54) is 18.2 Å². The van der Waals surface area contributed by atoms with Crippen molar-refractivity contribution in [1.29, 1.82) is 0 Å². The molecular weight excluding hydrogens is 446 g/mol. The summed E-state index contributed by atoms with van der Waals surface area (Å²) in [4.78, 5) is 23.9. The van der Waals surface area contributed by atoms with Crippen molar-refractivity contribution in [2.24, 2.45) is 0 Å². The van der Waals surface area contributed by atoms with Crippen LogP contribution in [0.4, 0.5) is 5.88 Å². The van der Waals surface area contributed by atoms with Gasteiger partial charge in [-0.1, -0.05) is 47.1 Å². The maximum atomic E-state index is 12.6. The first-order chi connectivity index (χ1) is 14.7. The molecule has 0 fully saturated rings. The molecule has 0 bridgehead atoms. The Labute approximate surface area is 183 Å². The predicted octanol–water partition coefficient (Wildman–Crippen LogP) is 2.91. The van der Waals surface area contributed by atoms with Crippen LogP contribution in [-0.4, -0.2) is 32.1 Å². The molecule has 0 saturated heterocycles. The van der Waals surface area contributed by atoms with E-state index in [4.69, 9.17) is 20.9 Å². The molecule has 3 aromatic rings. The number of hydrogen-bond acceptors (Lipinski definition) is 7. The van der Waals surface area contributed by atoms with Gasteiger partial charge in [-0.25, -0.2) is 17.9 Å². The number of sulfonamides is 1. The molecule has 2 N–H and O–H groups in total. The third kappa shape index (κ3) is 6.14. The lowest BCUT2D eigenvalue weighted by Crippen LogP contribution is -2.24. The zero-order valence-corrected chi connectivity index (χ0v) is 17.9. The van der Waals surface area contributed by atoms with Gasteiger partial charge in [0.2, 0.25) is 15.9 Å². The van der Waals surface area contributed by atoms with Crippen LogP contribution in [0.1, 0.15) is 21.6 Å². The Balaban J connectivity index is 1.65. The van der Waals surface area contributed by atoms with Crippen LogP contribution < -0.4 is 10.0 Å². The Morgan fingerprint density at radius 1 is 1.13 bits per heavy atom. The van der Waals surface area contributed by atoms with Gasteiger partial charge in [-0.3, -0.25) is 10.1 Å². The Hall–Kier alpha value is -3.21. The number of amides is 1. The summed E-state index contributed by atoms with van der Waals surface area (Å²) in [6.45, 7) is 1.13. The lowest BCUT2D eigenvalue weighted by atomic mass is 10.2. The van der Waals surface area contributed by atoms with Crippen molar-refractivity contribution in [3.8, 4) is 0 Å². The zero-order valence-electron chi connectivity index (χ0n) is 16.3. The highest BCUT2D eigenvalue weighted by atomic mass is 35.5. The highest BCUT2D eigenvalue weighted by molar-refractivity contribution is 7.89. The molecule has 2 aromatic carbocycles. The number of esters is 1. The quantitative estimate of drug-likeness (QED) is 0.491. The van der Waals surface area contributed by atoms with E-state index in [0.717, 1.165) is 11.6 Å². The normalized spacial score (nSPS) is 11.2. The summed E-state index contributed by atoms with van der Waals surface area (Å²) >= 11 is 6.04. The van der Waals surface area contributed by atoms with Gasteiger partial charge in [-0.05, 0) is 30.7 Å². The molecule has 11 heteroatoms. The van der Waals surface area contributed by atoms with E-state index in [2.05, 4.69) is 15.2 Å². The van der Waals surface area contributed by atoms with Gasteiger partial charge in [0.1, 0.15) is 4.90 Å². The van der Waals surface area contributed by atoms with Crippen molar-refractivity contribution < 1.29 is 27.3 Å². The second-order valence-corrected chi connectivity index (χ2v) is 8.55. The van der Waals surface area contributed by atoms with Crippen LogP contribution in [0.2, 0.25) is 5.02 Å². The predicted molar refractivity (Wildman–Crippen MR) is 112 cm³/mol. The molecule has 162 valence electrons. The standard InChI is InChI=1S/C20H18ClN3O6S/c1-13-9-19(30-24-13)23-18(25)12-29-20(26)15-7-8-16(21)17(10-15)31(27,28)22-11-14-5-3-2-4-6-14/h2-10,22H,11-12H2,1H3,(H,23,25). The summed E-state index contributed by atoms with van der Waals surface area (Å²) in [7, 11) is -4.00. The van der Waals surface area contributed by atoms with Gasteiger partial charge in [0, 0.05) is 12.6 Å². The molecule has 0 aliphatic heterocycles. The second kappa shape index (κ2) is 9.73. The van der Waals surface area contributed by atoms with Crippen molar-refractivity contribution in [3.05, 3.63) is 76.4 Å². The Bertz CT molecular complexity index is 1190. The first-order valence-electron chi connectivity index (χ1n) is 8.98. The van der Waals surface area contributed by atoms with Crippen LogP contribution in [0.15, 0.2) is 64.0 Å². The minimum atomic E-state index is -4.00. The Morgan fingerprint density at radius 2 is 1.87 bits per heavy atom. The molecule has 3 rings (SSSR count). The second-order valence-electron chi connectivity index (χ2n) is 6.41. The number of hydrogen-bond donors (Lipinski definition) is 2. The lowest BCUT2D eigenvalue weighted by Gasteiger charge is -2.10. The van der Waals surface area contributed by atoms with Crippen LogP contribution in [0.3, 0.4) is 0 Å². The first kappa shape index (κ1) is 22.5. The third-order valence-corrected chi connectivity index (χ3v) is 5.87. The highest BCUT2D eigenvalue weighted by Crippen LogP contribution is 2.23. The molecule has 0 saturated carbocycles. The number of carbonyl (C=O) groups excluding carboxylic acids is 2. The minimum Gasteiger partial charge on any atom is -0.452 e. The van der Waals surface area contributed by atoms with Gasteiger partial charge in [-0.2, -0.15) is 0 Å². The number of aromatic nitrogens is 1. The number of rotatable bonds is 8. The molecular formula is C20H18ClN3O6S. The summed E-state index contributed by atoms with van der Waals surface area (Å²) in [6, 6.07) is 14.1. The Morgan fingerprint density at radius 3 is 2.55 bits per heavy atom. The summed E-state index contributed by atoms with van der Waals surface area (Å²) in [5.74, 6) is -1.42. The smallest absolute Gasteiger partial charge is 0.338 e. The topological polar surface area (TPSA) is 128 Å². The van der Waals surface area contributed by atoms with Gasteiger partial charge in [0.05, 0.1) is 16.3 Å². The average Bonchev–Trinajstić information content (AvgIpc) is 3.16. The fraction of sp³-hybridized carbons (Fsp3) is 0.150. The van der Waals surface area contributed by atoms with Gasteiger partial charge in [0.15, 0.2) is 6.61 Å². The molecule has 0 aliphatic carbocycles. The van der Waals surface area contributed by atoms with Gasteiger partial charge < -0.3 is 9.26 Å². The van der Waals surface area contributed by atoms with Gasteiger partial charge in [0.25, 0.3) is 5.91 Å². The van der Waals surface area contributed by atoms with E-state index in [9.17, 15) is 18.0 Å². The van der Waals surface area contributed by atoms with Crippen LogP contribution in [0, 0.1) is 6.92 Å². The summed E-state index contributed by atoms with van der Waals surface area (Å²) in [5, 5.41) is 5.93. The molecule has 0 atom stereocenters. The van der Waals surface area contributed by atoms with E-state index < -0.39 is 28.5 Å². The van der Waals surface area contributed by atoms with Crippen molar-refractivity contribution in [3.63, 3.8) is 0 Å². The zero-order chi connectivity index (χ0) is 22.4. The molecule has 0 spiro atoms. The molecule has 0 aliphatic rings. The molecule has 9 nitrogen and oxygen atoms in total. The summed E-state index contributed by atoms with van der Waals surface area (Å²) in [6.07, 6.45) is 0. The Kier molecular flexibility index (Phi) is 7.06. The van der Waals surface area contributed by atoms with Crippen LogP contribution >= 0.6 is 11.6 Å². The van der Waals surface area contributed by atoms with Crippen LogP contribution in [0.25, 0.3) is 0 Å². The van der Waals surface area contributed by atoms with Crippen molar-refractivity contribution in [2.45, 2.75) is 18.4 Å². The number of aryl methyl sites for hydroxylation is 1. The number of ether oxygens (including phenoxy) is 1. The number of carbonyl (C=O) groups is 2. The minimum absolute atomic E-state index is 0.0510. The first-order valence-corrected chi connectivity index (χ1v) is 10.8. The number of halogens is 1. The summed E-state index contributed by atoms with van der Waals surface area (Å²) < 4.78 is 37.5. The van der Waals surface area contributed by atoms with Crippen molar-refractivity contribution in [1.82, 2.24) is 9.88 Å². The fourth-order valence-corrected chi connectivity index (χ4v) is 4.04. The van der Waals surface area contributed by atoms with Crippen molar-refractivity contribution >= 4 is 39.4 Å². The number of nitrogens with one attached hydrogen (secondary N) is 2. The average molecular weight is 464 g/mol. The van der Waals surface area contributed by atoms with Gasteiger partial charge >= 0.3 is 5.97 Å². The van der Waals surface area contributed by atoms with E-state index in [-0.39, 0.29) is 27.9 Å². The number of anilines is 1. The van der Waals surface area contributed by atoms with E-state index in [0.29, 0.717) is 5.69 Å². The molecule has 0 unspecified atom stereocenters. The highest BCUT2D eigenvalue weighted by Gasteiger charge is 2.21. The SMILES string of the molecule is Cc1cc(NC(=O)COC(=O)c2ccc(Cl)c(S(=O)(=O)NCc3ccccc3)c2)on1. The van der Waals surface area contributed by atoms with Crippen LogP contribution in [-0.2, 0) is 26.1 Å². The number of nitrogens with zero attached hydrogens (tertiary/aromatic N) is 1. The number of benzene rings is 2. The molecule has 1 amide bonds. The van der Waals surface area contributed by atoms with Crippen molar-refractivity contribution in [2.75, 3.05) is 11.9 Å². The van der Waals surface area contributed by atoms with E-state index in [1.807, 2.05) is 6.07 Å². The molecule has 1 heterocycles. The monoisotopic (exact) mass is 463 g/mol. The molecule has 0 radical (unpaired) electrons. The largest absolute Gasteiger partial charge is 0.452 e. The maximum absolute atomic E-state index is 12.6. The van der Waals surface area contributed by atoms with Crippen LogP contribution in [0.5, 0.6) is 0 Å². The maximum Gasteiger partial charge on any atom is 0.338 e. The molecule has 1 aromatic heterocycles. The lowest BCUT2D eigenvalue weighted by molar-refractivity contribution is -0.119. The van der Waals surface area contributed by atoms with E-state index >= 15 is 0 Å². The summed E-state index contributed by atoms with van der Waals surface area (Å²) in [5.41, 5.74) is 1.25. The van der Waals surface area contributed by atoms with E-state index in [1.54, 1.807) is 31.2 Å². The van der Waals surface area contributed by atoms with Gasteiger partial charge in [-0.15, -0.1) is 0 Å². The molecule has 31 heavy (non-hydrogen) atoms. The fourth-order valence-electron chi connectivity index (χ4n) is 2.50.